The van der Waals surface area contributed by atoms with Crippen LogP contribution in [0.15, 0.2) is 77.7 Å². The van der Waals surface area contributed by atoms with E-state index >= 15 is 0 Å². The summed E-state index contributed by atoms with van der Waals surface area (Å²) in [6.45, 7) is 0.554. The van der Waals surface area contributed by atoms with Crippen LogP contribution in [-0.2, 0) is 6.54 Å². The first-order chi connectivity index (χ1) is 16.7. The summed E-state index contributed by atoms with van der Waals surface area (Å²) in [4.78, 5) is 4.29. The Morgan fingerprint density at radius 1 is 0.971 bits per heavy atom. The molecule has 34 heavy (non-hydrogen) atoms. The van der Waals surface area contributed by atoms with Crippen molar-refractivity contribution >= 4 is 28.2 Å². The summed E-state index contributed by atoms with van der Waals surface area (Å²) in [5.74, 6) is 2.02. The molecule has 3 aromatic carbocycles. The minimum Gasteiger partial charge on any atom is -0.497 e. The number of methoxy groups -OCH3 is 2. The van der Waals surface area contributed by atoms with Gasteiger partial charge in [-0.15, -0.1) is 0 Å². The second-order valence-electron chi connectivity index (χ2n) is 7.55. The highest BCUT2D eigenvalue weighted by atomic mass is 35.5. The molecule has 0 aliphatic heterocycles. The quantitative estimate of drug-likeness (QED) is 0.300. The van der Waals surface area contributed by atoms with Crippen molar-refractivity contribution in [3.8, 4) is 34.1 Å². The first kappa shape index (κ1) is 21.7. The molecular weight excluding hydrogens is 452 g/mol. The Balaban J connectivity index is 1.48. The van der Waals surface area contributed by atoms with Gasteiger partial charge in [0.25, 0.3) is 0 Å². The van der Waals surface area contributed by atoms with E-state index in [1.165, 1.54) is 0 Å². The Hall–Kier alpha value is -4.10. The van der Waals surface area contributed by atoms with Crippen molar-refractivity contribution in [2.45, 2.75) is 6.54 Å². The van der Waals surface area contributed by atoms with Gasteiger partial charge in [-0.25, -0.2) is 4.98 Å². The van der Waals surface area contributed by atoms with Crippen LogP contribution in [-0.4, -0.2) is 29.4 Å². The van der Waals surface area contributed by atoms with Crippen LogP contribution in [0.4, 0.5) is 5.69 Å². The Labute approximate surface area is 201 Å². The third-order valence-corrected chi connectivity index (χ3v) is 5.79. The second-order valence-corrected chi connectivity index (χ2v) is 7.99. The van der Waals surface area contributed by atoms with Crippen molar-refractivity contribution in [1.82, 2.24) is 15.2 Å². The Morgan fingerprint density at radius 3 is 2.68 bits per heavy atom. The van der Waals surface area contributed by atoms with Gasteiger partial charge in [0.15, 0.2) is 0 Å². The van der Waals surface area contributed by atoms with Crippen molar-refractivity contribution in [2.24, 2.45) is 0 Å². The summed E-state index contributed by atoms with van der Waals surface area (Å²) >= 11 is 6.31. The molecule has 8 heteroatoms. The molecule has 170 valence electrons. The van der Waals surface area contributed by atoms with Crippen molar-refractivity contribution in [3.05, 3.63) is 83.8 Å². The van der Waals surface area contributed by atoms with Crippen LogP contribution < -0.4 is 14.8 Å². The van der Waals surface area contributed by atoms with E-state index in [9.17, 15) is 0 Å². The largest absolute Gasteiger partial charge is 0.497 e. The molecule has 2 heterocycles. The van der Waals surface area contributed by atoms with Gasteiger partial charge in [-0.3, -0.25) is 0 Å². The van der Waals surface area contributed by atoms with E-state index < -0.39 is 0 Å². The van der Waals surface area contributed by atoms with E-state index in [4.69, 9.17) is 25.5 Å². The van der Waals surface area contributed by atoms with Gasteiger partial charge in [-0.1, -0.05) is 17.7 Å². The first-order valence-electron chi connectivity index (χ1n) is 10.6. The molecule has 0 radical (unpaired) electrons. The van der Waals surface area contributed by atoms with Crippen molar-refractivity contribution in [3.63, 3.8) is 0 Å². The topological polar surface area (TPSA) is 82.3 Å². The first-order valence-corrected chi connectivity index (χ1v) is 10.9. The lowest BCUT2D eigenvalue weighted by molar-refractivity contribution is 0.391. The smallest absolute Gasteiger partial charge is 0.226 e. The standard InChI is InChI=1S/C26H21ClN4O3/c1-32-19-6-3-17(25(13-19)33-2)14-29-24-15-30-31-23-11-16(4-7-21(23)24)22-12-18(27)5-8-20(22)26-28-9-10-34-26/h3-13,15H,14H2,1-2H3,(H,29,31). The number of nitrogens with zero attached hydrogens (tertiary/aromatic N) is 3. The van der Waals surface area contributed by atoms with Crippen LogP contribution >= 0.6 is 11.6 Å². The Kier molecular flexibility index (Phi) is 6.01. The van der Waals surface area contributed by atoms with Gasteiger partial charge < -0.3 is 19.2 Å². The summed E-state index contributed by atoms with van der Waals surface area (Å²) in [7, 11) is 3.28. The molecule has 0 atom stereocenters. The van der Waals surface area contributed by atoms with Crippen molar-refractivity contribution in [1.29, 1.82) is 0 Å². The number of rotatable bonds is 7. The van der Waals surface area contributed by atoms with Crippen LogP contribution in [0.1, 0.15) is 5.56 Å². The molecule has 5 aromatic rings. The number of hydrogen-bond acceptors (Lipinski definition) is 7. The summed E-state index contributed by atoms with van der Waals surface area (Å²) in [6.07, 6.45) is 4.89. The average Bonchev–Trinajstić information content (AvgIpc) is 3.41. The fourth-order valence-corrected chi connectivity index (χ4v) is 4.03. The summed E-state index contributed by atoms with van der Waals surface area (Å²) in [5.41, 5.74) is 5.31. The number of anilines is 1. The predicted molar refractivity (Wildman–Crippen MR) is 132 cm³/mol. The minimum atomic E-state index is 0.529. The minimum absolute atomic E-state index is 0.529. The molecule has 0 spiro atoms. The fourth-order valence-electron chi connectivity index (χ4n) is 3.86. The molecule has 2 aromatic heterocycles. The molecule has 0 bridgehead atoms. The molecule has 0 aliphatic carbocycles. The van der Waals surface area contributed by atoms with E-state index in [0.29, 0.717) is 17.5 Å². The number of oxazole rings is 1. The van der Waals surface area contributed by atoms with E-state index in [0.717, 1.165) is 50.3 Å². The molecule has 5 rings (SSSR count). The van der Waals surface area contributed by atoms with Gasteiger partial charge in [0, 0.05) is 34.1 Å². The molecule has 0 saturated carbocycles. The molecule has 0 amide bonds. The van der Waals surface area contributed by atoms with Crippen molar-refractivity contribution in [2.75, 3.05) is 19.5 Å². The fraction of sp³-hybridized carbons (Fsp3) is 0.115. The number of ether oxygens (including phenoxy) is 2. The number of fused-ring (bicyclic) bond motifs is 1. The number of aromatic nitrogens is 3. The molecule has 0 aliphatic rings. The zero-order chi connectivity index (χ0) is 23.5. The SMILES string of the molecule is COc1ccc(CNc2cnnc3cc(-c4cc(Cl)ccc4-c4ncco4)ccc23)c(OC)c1. The highest BCUT2D eigenvalue weighted by molar-refractivity contribution is 6.31. The average molecular weight is 473 g/mol. The van der Waals surface area contributed by atoms with Gasteiger partial charge in [0.2, 0.25) is 5.89 Å². The van der Waals surface area contributed by atoms with Crippen LogP contribution in [0.2, 0.25) is 5.02 Å². The molecule has 0 unspecified atom stereocenters. The zero-order valence-electron chi connectivity index (χ0n) is 18.6. The predicted octanol–water partition coefficient (Wildman–Crippen LogP) is 6.23. The molecule has 0 fully saturated rings. The van der Waals surface area contributed by atoms with Crippen molar-refractivity contribution < 1.29 is 13.9 Å². The number of nitrogens with one attached hydrogen (secondary N) is 1. The normalized spacial score (nSPS) is 10.9. The van der Waals surface area contributed by atoms with Crippen LogP contribution in [0.3, 0.4) is 0 Å². The number of benzene rings is 3. The maximum atomic E-state index is 6.31. The maximum Gasteiger partial charge on any atom is 0.226 e. The third kappa shape index (κ3) is 4.25. The van der Waals surface area contributed by atoms with Gasteiger partial charge in [-0.2, -0.15) is 10.2 Å². The Morgan fingerprint density at radius 2 is 1.88 bits per heavy atom. The van der Waals surface area contributed by atoms with E-state index in [1.807, 2.05) is 54.6 Å². The lowest BCUT2D eigenvalue weighted by atomic mass is 9.98. The number of hydrogen-bond donors (Lipinski definition) is 1. The molecular formula is C26H21ClN4O3. The third-order valence-electron chi connectivity index (χ3n) is 5.56. The molecule has 0 saturated heterocycles. The lowest BCUT2D eigenvalue weighted by Crippen LogP contribution is -2.03. The number of halogens is 1. The van der Waals surface area contributed by atoms with Crippen LogP contribution in [0.25, 0.3) is 33.5 Å². The highest BCUT2D eigenvalue weighted by Gasteiger charge is 2.14. The summed E-state index contributed by atoms with van der Waals surface area (Å²) < 4.78 is 16.3. The van der Waals surface area contributed by atoms with Crippen LogP contribution in [0.5, 0.6) is 11.5 Å². The van der Waals surface area contributed by atoms with Gasteiger partial charge >= 0.3 is 0 Å². The van der Waals surface area contributed by atoms with Crippen LogP contribution in [0, 0.1) is 0 Å². The van der Waals surface area contributed by atoms with Gasteiger partial charge in [-0.05, 0) is 53.6 Å². The van der Waals surface area contributed by atoms with Gasteiger partial charge in [0.1, 0.15) is 17.8 Å². The lowest BCUT2D eigenvalue weighted by Gasteiger charge is -2.14. The molecule has 1 N–H and O–H groups in total. The maximum absolute atomic E-state index is 6.31. The van der Waals surface area contributed by atoms with Gasteiger partial charge in [0.05, 0.1) is 37.8 Å². The summed E-state index contributed by atoms with van der Waals surface area (Å²) in [6, 6.07) is 17.4. The molecule has 7 nitrogen and oxygen atoms in total. The second kappa shape index (κ2) is 9.41. The van der Waals surface area contributed by atoms with E-state index in [1.54, 1.807) is 32.9 Å². The summed E-state index contributed by atoms with van der Waals surface area (Å²) in [5, 5.41) is 13.6. The van der Waals surface area contributed by atoms with E-state index in [-0.39, 0.29) is 0 Å². The monoisotopic (exact) mass is 472 g/mol. The van der Waals surface area contributed by atoms with E-state index in [2.05, 4.69) is 20.5 Å². The zero-order valence-corrected chi connectivity index (χ0v) is 19.3. The Bertz CT molecular complexity index is 1450. The highest BCUT2D eigenvalue weighted by Crippen LogP contribution is 2.35.